The minimum atomic E-state index is -0.438. The van der Waals surface area contributed by atoms with Crippen LogP contribution in [0, 0.1) is 6.92 Å². The lowest BCUT2D eigenvalue weighted by molar-refractivity contribution is 0.0593. The SMILES string of the molecule is [B]c1cnc(C(=O)OC)c(C)c1. The maximum absolute atomic E-state index is 11.0. The van der Waals surface area contributed by atoms with Crippen molar-refractivity contribution in [1.29, 1.82) is 0 Å². The van der Waals surface area contributed by atoms with Gasteiger partial charge in [0, 0.05) is 6.20 Å². The van der Waals surface area contributed by atoms with Crippen LogP contribution in [0.5, 0.6) is 0 Å². The predicted octanol–water partition coefficient (Wildman–Crippen LogP) is -0.0296. The number of pyridine rings is 1. The van der Waals surface area contributed by atoms with E-state index in [4.69, 9.17) is 7.85 Å². The molecule has 0 bridgehead atoms. The van der Waals surface area contributed by atoms with Gasteiger partial charge in [-0.15, -0.1) is 0 Å². The van der Waals surface area contributed by atoms with Crippen molar-refractivity contribution in [1.82, 2.24) is 4.98 Å². The summed E-state index contributed by atoms with van der Waals surface area (Å²) in [5.74, 6) is -0.438. The maximum atomic E-state index is 11.0. The third-order valence-electron chi connectivity index (χ3n) is 1.48. The lowest BCUT2D eigenvalue weighted by Gasteiger charge is -2.02. The van der Waals surface area contributed by atoms with Crippen LogP contribution in [-0.2, 0) is 4.74 Å². The van der Waals surface area contributed by atoms with E-state index in [2.05, 4.69) is 9.72 Å². The second-order valence-electron chi connectivity index (χ2n) is 2.43. The summed E-state index contributed by atoms with van der Waals surface area (Å²) in [6, 6.07) is 1.68. The van der Waals surface area contributed by atoms with Crippen LogP contribution >= 0.6 is 0 Å². The Kier molecular flexibility index (Phi) is 2.48. The van der Waals surface area contributed by atoms with E-state index in [0.717, 1.165) is 5.56 Å². The highest BCUT2D eigenvalue weighted by atomic mass is 16.5. The first-order chi connectivity index (χ1) is 5.65. The van der Waals surface area contributed by atoms with Gasteiger partial charge in [-0.05, 0) is 12.5 Å². The number of aryl methyl sites for hydroxylation is 1. The Morgan fingerprint density at radius 1 is 1.67 bits per heavy atom. The summed E-state index contributed by atoms with van der Waals surface area (Å²) in [4.78, 5) is 14.9. The molecule has 0 aliphatic carbocycles. The summed E-state index contributed by atoms with van der Waals surface area (Å²) in [5.41, 5.74) is 1.58. The number of esters is 1. The zero-order chi connectivity index (χ0) is 9.14. The zero-order valence-electron chi connectivity index (χ0n) is 7.00. The largest absolute Gasteiger partial charge is 0.464 e. The first kappa shape index (κ1) is 8.78. The number of rotatable bonds is 1. The first-order valence-electron chi connectivity index (χ1n) is 3.45. The molecule has 0 spiro atoms. The standard InChI is InChI=1S/C8H8BNO2/c1-5-3-6(9)4-10-7(5)8(11)12-2/h3-4H,1-2H3. The molecule has 0 fully saturated rings. The van der Waals surface area contributed by atoms with Gasteiger partial charge >= 0.3 is 5.97 Å². The van der Waals surface area contributed by atoms with Crippen LogP contribution in [0.4, 0.5) is 0 Å². The summed E-state index contributed by atoms with van der Waals surface area (Å²) < 4.78 is 4.51. The molecular formula is C8H8BNO2. The molecule has 0 saturated heterocycles. The molecule has 0 amide bonds. The van der Waals surface area contributed by atoms with Crippen LogP contribution < -0.4 is 5.46 Å². The fraction of sp³-hybridized carbons (Fsp3) is 0.250. The lowest BCUT2D eigenvalue weighted by atomic mass is 9.96. The fourth-order valence-corrected chi connectivity index (χ4v) is 0.907. The second-order valence-corrected chi connectivity index (χ2v) is 2.43. The van der Waals surface area contributed by atoms with Gasteiger partial charge in [0.25, 0.3) is 0 Å². The van der Waals surface area contributed by atoms with E-state index in [1.807, 2.05) is 0 Å². The summed E-state index contributed by atoms with van der Waals surface area (Å²) in [7, 11) is 6.77. The molecule has 0 saturated carbocycles. The van der Waals surface area contributed by atoms with E-state index >= 15 is 0 Å². The number of nitrogens with zero attached hydrogens (tertiary/aromatic N) is 1. The van der Waals surface area contributed by atoms with Gasteiger partial charge in [0.15, 0.2) is 5.69 Å². The van der Waals surface area contributed by atoms with Crippen molar-refractivity contribution in [2.75, 3.05) is 7.11 Å². The van der Waals surface area contributed by atoms with Crippen LogP contribution in [0.25, 0.3) is 0 Å². The number of aromatic nitrogens is 1. The summed E-state index contributed by atoms with van der Waals surface area (Å²) >= 11 is 0. The van der Waals surface area contributed by atoms with Gasteiger partial charge in [-0.2, -0.15) is 0 Å². The van der Waals surface area contributed by atoms with Gasteiger partial charge in [0.05, 0.1) is 7.11 Å². The Bertz CT molecular complexity index is 312. The smallest absolute Gasteiger partial charge is 0.356 e. The molecule has 0 aliphatic heterocycles. The van der Waals surface area contributed by atoms with Gasteiger partial charge < -0.3 is 4.74 Å². The molecule has 0 aromatic carbocycles. The molecule has 0 atom stereocenters. The lowest BCUT2D eigenvalue weighted by Crippen LogP contribution is -2.12. The van der Waals surface area contributed by atoms with Crippen molar-refractivity contribution in [3.05, 3.63) is 23.5 Å². The Balaban J connectivity index is 3.09. The number of carbonyl (C=O) groups is 1. The molecule has 4 heteroatoms. The Hall–Kier alpha value is -1.32. The highest BCUT2D eigenvalue weighted by Crippen LogP contribution is 2.02. The molecule has 1 aromatic rings. The molecular weight excluding hydrogens is 153 g/mol. The molecule has 60 valence electrons. The van der Waals surface area contributed by atoms with E-state index in [-0.39, 0.29) is 0 Å². The van der Waals surface area contributed by atoms with E-state index in [1.165, 1.54) is 13.3 Å². The second kappa shape index (κ2) is 3.39. The Labute approximate surface area is 72.2 Å². The van der Waals surface area contributed by atoms with E-state index in [9.17, 15) is 4.79 Å². The van der Waals surface area contributed by atoms with Crippen LogP contribution in [-0.4, -0.2) is 25.9 Å². The van der Waals surface area contributed by atoms with Crippen molar-refractivity contribution in [2.45, 2.75) is 6.92 Å². The highest BCUT2D eigenvalue weighted by molar-refractivity contribution is 6.32. The molecule has 2 radical (unpaired) electrons. The van der Waals surface area contributed by atoms with Gasteiger partial charge in [-0.25, -0.2) is 9.78 Å². The molecule has 1 rings (SSSR count). The van der Waals surface area contributed by atoms with Crippen LogP contribution in [0.1, 0.15) is 16.1 Å². The van der Waals surface area contributed by atoms with Crippen molar-refractivity contribution >= 4 is 19.3 Å². The quantitative estimate of drug-likeness (QED) is 0.428. The van der Waals surface area contributed by atoms with E-state index in [1.54, 1.807) is 13.0 Å². The van der Waals surface area contributed by atoms with Gasteiger partial charge in [-0.1, -0.05) is 11.5 Å². The molecule has 1 heterocycles. The van der Waals surface area contributed by atoms with Crippen molar-refractivity contribution < 1.29 is 9.53 Å². The van der Waals surface area contributed by atoms with E-state index in [0.29, 0.717) is 11.2 Å². The third kappa shape index (κ3) is 1.64. The predicted molar refractivity (Wildman–Crippen MR) is 45.7 cm³/mol. The topological polar surface area (TPSA) is 39.2 Å². The number of hydrogen-bond donors (Lipinski definition) is 0. The van der Waals surface area contributed by atoms with E-state index < -0.39 is 5.97 Å². The van der Waals surface area contributed by atoms with Crippen molar-refractivity contribution in [3.63, 3.8) is 0 Å². The zero-order valence-corrected chi connectivity index (χ0v) is 7.00. The summed E-state index contributed by atoms with van der Waals surface area (Å²) in [6.07, 6.45) is 1.43. The average molecular weight is 161 g/mol. The molecule has 1 aromatic heterocycles. The van der Waals surface area contributed by atoms with Gasteiger partial charge in [0.2, 0.25) is 0 Å². The highest BCUT2D eigenvalue weighted by Gasteiger charge is 2.09. The van der Waals surface area contributed by atoms with Crippen molar-refractivity contribution in [3.8, 4) is 0 Å². The Morgan fingerprint density at radius 2 is 2.33 bits per heavy atom. The molecule has 0 unspecified atom stereocenters. The maximum Gasteiger partial charge on any atom is 0.356 e. The summed E-state index contributed by atoms with van der Waals surface area (Å²) in [5, 5.41) is 0. The summed E-state index contributed by atoms with van der Waals surface area (Å²) in [6.45, 7) is 1.76. The molecule has 3 nitrogen and oxygen atoms in total. The third-order valence-corrected chi connectivity index (χ3v) is 1.48. The van der Waals surface area contributed by atoms with Crippen LogP contribution in [0.2, 0.25) is 0 Å². The average Bonchev–Trinajstić information content (AvgIpc) is 2.03. The Morgan fingerprint density at radius 3 is 2.83 bits per heavy atom. The monoisotopic (exact) mass is 161 g/mol. The molecule has 0 N–H and O–H groups in total. The number of methoxy groups -OCH3 is 1. The minimum absolute atomic E-state index is 0.312. The van der Waals surface area contributed by atoms with Crippen LogP contribution in [0.3, 0.4) is 0 Å². The van der Waals surface area contributed by atoms with Crippen molar-refractivity contribution in [2.24, 2.45) is 0 Å². The van der Waals surface area contributed by atoms with Gasteiger partial charge in [0.1, 0.15) is 7.85 Å². The first-order valence-corrected chi connectivity index (χ1v) is 3.45. The molecule has 0 aliphatic rings. The van der Waals surface area contributed by atoms with Gasteiger partial charge in [-0.3, -0.25) is 0 Å². The number of ether oxygens (including phenoxy) is 1. The normalized spacial score (nSPS) is 9.50. The fourth-order valence-electron chi connectivity index (χ4n) is 0.907. The minimum Gasteiger partial charge on any atom is -0.464 e. The van der Waals surface area contributed by atoms with Crippen LogP contribution in [0.15, 0.2) is 12.3 Å². The number of hydrogen-bond acceptors (Lipinski definition) is 3. The molecule has 12 heavy (non-hydrogen) atoms. The number of carbonyl (C=O) groups excluding carboxylic acids is 1.